The van der Waals surface area contributed by atoms with Gasteiger partial charge in [0.25, 0.3) is 0 Å². The van der Waals surface area contributed by atoms with Crippen LogP contribution in [0.2, 0.25) is 10.0 Å². The number of allylic oxidation sites excluding steroid dienone is 1. The molecule has 0 fully saturated rings. The summed E-state index contributed by atoms with van der Waals surface area (Å²) in [6.07, 6.45) is 2.38. The quantitative estimate of drug-likeness (QED) is 0.415. The lowest BCUT2D eigenvalue weighted by atomic mass is 9.87. The molecule has 11 heteroatoms. The third kappa shape index (κ3) is 5.20. The molecule has 1 aromatic carbocycles. The van der Waals surface area contributed by atoms with Crippen molar-refractivity contribution in [2.45, 2.75) is 37.5 Å². The van der Waals surface area contributed by atoms with Crippen LogP contribution >= 0.6 is 35.0 Å². The standard InChI is InChI=1S/C23H20Cl2N6O2S/c1-23(2,3)33-22(32)30-17-8-12(6-7-27-17)19-15(10-26)18(14-5-4-13(24)9-16(14)25)20(34-19)21-28-11-29-31-21/h4-9,11,18,20H,1-3H3,(H,27,30,32)(H,28,29,31). The predicted octanol–water partition coefficient (Wildman–Crippen LogP) is 6.36. The third-order valence-corrected chi connectivity index (χ3v) is 6.88. The number of benzene rings is 1. The molecular formula is C23H20Cl2N6O2S. The van der Waals surface area contributed by atoms with E-state index in [1.165, 1.54) is 18.1 Å². The number of amides is 1. The fourth-order valence-corrected chi connectivity index (χ4v) is 5.57. The van der Waals surface area contributed by atoms with E-state index in [4.69, 9.17) is 27.9 Å². The van der Waals surface area contributed by atoms with Crippen LogP contribution in [-0.4, -0.2) is 31.9 Å². The van der Waals surface area contributed by atoms with E-state index in [0.717, 1.165) is 16.0 Å². The molecule has 3 heterocycles. The second-order valence-corrected chi connectivity index (χ2v) is 10.5. The Bertz CT molecular complexity index is 1300. The van der Waals surface area contributed by atoms with Crippen LogP contribution in [0.25, 0.3) is 4.91 Å². The Hall–Kier alpha value is -3.06. The summed E-state index contributed by atoms with van der Waals surface area (Å²) < 4.78 is 5.31. The number of pyridine rings is 1. The van der Waals surface area contributed by atoms with Crippen LogP contribution in [0.3, 0.4) is 0 Å². The van der Waals surface area contributed by atoms with E-state index in [1.807, 2.05) is 6.07 Å². The lowest BCUT2D eigenvalue weighted by molar-refractivity contribution is 0.0635. The maximum Gasteiger partial charge on any atom is 0.413 e. The Kier molecular flexibility index (Phi) is 6.84. The minimum atomic E-state index is -0.644. The molecule has 174 valence electrons. The number of thioether (sulfide) groups is 1. The van der Waals surface area contributed by atoms with Crippen molar-refractivity contribution in [2.24, 2.45) is 0 Å². The fourth-order valence-electron chi connectivity index (χ4n) is 3.58. The maximum atomic E-state index is 12.2. The zero-order valence-corrected chi connectivity index (χ0v) is 20.8. The molecule has 4 rings (SSSR count). The van der Waals surface area contributed by atoms with Crippen LogP contribution in [0.4, 0.5) is 10.6 Å². The van der Waals surface area contributed by atoms with Crippen LogP contribution in [0.5, 0.6) is 0 Å². The van der Waals surface area contributed by atoms with Crippen molar-refractivity contribution < 1.29 is 9.53 Å². The lowest BCUT2D eigenvalue weighted by Gasteiger charge is -2.19. The van der Waals surface area contributed by atoms with Crippen LogP contribution in [0.15, 0.2) is 48.4 Å². The number of nitrogens with zero attached hydrogens (tertiary/aromatic N) is 4. The highest BCUT2D eigenvalue weighted by atomic mass is 35.5. The number of anilines is 1. The van der Waals surface area contributed by atoms with Crippen molar-refractivity contribution in [3.8, 4) is 6.07 Å². The number of ether oxygens (including phenoxy) is 1. The highest BCUT2D eigenvalue weighted by molar-refractivity contribution is 8.08. The summed E-state index contributed by atoms with van der Waals surface area (Å²) in [4.78, 5) is 21.5. The first-order chi connectivity index (χ1) is 16.2. The number of carbonyl (C=O) groups is 1. The summed E-state index contributed by atoms with van der Waals surface area (Å²) in [5.74, 6) is 0.532. The molecule has 1 amide bonds. The van der Waals surface area contributed by atoms with Gasteiger partial charge in [0.05, 0.1) is 16.9 Å². The number of hydrogen-bond acceptors (Lipinski definition) is 7. The molecule has 1 aliphatic rings. The maximum absolute atomic E-state index is 12.2. The molecule has 2 atom stereocenters. The molecule has 8 nitrogen and oxygen atoms in total. The third-order valence-electron chi connectivity index (χ3n) is 4.88. The summed E-state index contributed by atoms with van der Waals surface area (Å²) in [5, 5.41) is 20.4. The first kappa shape index (κ1) is 24.1. The monoisotopic (exact) mass is 514 g/mol. The summed E-state index contributed by atoms with van der Waals surface area (Å²) >= 11 is 14.1. The molecule has 0 radical (unpaired) electrons. The molecule has 2 aromatic heterocycles. The van der Waals surface area contributed by atoms with E-state index in [1.54, 1.807) is 51.2 Å². The number of halogens is 2. The van der Waals surface area contributed by atoms with Gasteiger partial charge in [0.1, 0.15) is 23.6 Å². The molecule has 0 bridgehead atoms. The Morgan fingerprint density at radius 1 is 1.24 bits per heavy atom. The summed E-state index contributed by atoms with van der Waals surface area (Å²) in [5.41, 5.74) is 1.35. The highest BCUT2D eigenvalue weighted by Crippen LogP contribution is 2.59. The van der Waals surface area contributed by atoms with Gasteiger partial charge in [-0.25, -0.2) is 14.8 Å². The fraction of sp³-hybridized carbons (Fsp3) is 0.261. The first-order valence-electron chi connectivity index (χ1n) is 10.2. The van der Waals surface area contributed by atoms with Gasteiger partial charge in [-0.05, 0) is 56.2 Å². The van der Waals surface area contributed by atoms with Gasteiger partial charge in [-0.3, -0.25) is 10.4 Å². The second-order valence-electron chi connectivity index (χ2n) is 8.46. The van der Waals surface area contributed by atoms with E-state index >= 15 is 0 Å². The van der Waals surface area contributed by atoms with Crippen molar-refractivity contribution in [1.82, 2.24) is 20.2 Å². The van der Waals surface area contributed by atoms with E-state index in [2.05, 4.69) is 31.6 Å². The van der Waals surface area contributed by atoms with E-state index < -0.39 is 17.6 Å². The smallest absolute Gasteiger partial charge is 0.413 e. The summed E-state index contributed by atoms with van der Waals surface area (Å²) in [6, 6.07) is 11.1. The van der Waals surface area contributed by atoms with Gasteiger partial charge in [0.2, 0.25) is 0 Å². The van der Waals surface area contributed by atoms with Gasteiger partial charge >= 0.3 is 6.09 Å². The Balaban J connectivity index is 1.75. The predicted molar refractivity (Wildman–Crippen MR) is 133 cm³/mol. The molecule has 2 unspecified atom stereocenters. The van der Waals surface area contributed by atoms with Crippen molar-refractivity contribution in [2.75, 3.05) is 5.32 Å². The van der Waals surface area contributed by atoms with Gasteiger partial charge in [0.15, 0.2) is 0 Å². The molecule has 0 saturated heterocycles. The van der Waals surface area contributed by atoms with Crippen molar-refractivity contribution in [3.63, 3.8) is 0 Å². The van der Waals surface area contributed by atoms with Crippen LogP contribution in [0.1, 0.15) is 48.9 Å². The SMILES string of the molecule is CC(C)(C)OC(=O)Nc1cc(C2=C(C#N)C(c3ccc(Cl)cc3Cl)C(c3ncn[nH]3)S2)ccn1. The number of nitrogens with one attached hydrogen (secondary N) is 2. The van der Waals surface area contributed by atoms with Crippen molar-refractivity contribution in [3.05, 3.63) is 75.4 Å². The van der Waals surface area contributed by atoms with E-state index in [-0.39, 0.29) is 5.25 Å². The Morgan fingerprint density at radius 2 is 2.03 bits per heavy atom. The minimum absolute atomic E-state index is 0.277. The topological polar surface area (TPSA) is 117 Å². The van der Waals surface area contributed by atoms with Crippen LogP contribution in [-0.2, 0) is 4.74 Å². The molecule has 0 aliphatic carbocycles. The minimum Gasteiger partial charge on any atom is -0.444 e. The largest absolute Gasteiger partial charge is 0.444 e. The normalized spacial score (nSPS) is 18.0. The summed E-state index contributed by atoms with van der Waals surface area (Å²) in [7, 11) is 0. The average Bonchev–Trinajstić information content (AvgIpc) is 3.40. The number of aromatic nitrogens is 4. The van der Waals surface area contributed by atoms with E-state index in [0.29, 0.717) is 27.3 Å². The number of hydrogen-bond donors (Lipinski definition) is 2. The average molecular weight is 515 g/mol. The van der Waals surface area contributed by atoms with Gasteiger partial charge < -0.3 is 4.74 Å². The second kappa shape index (κ2) is 9.66. The van der Waals surface area contributed by atoms with Gasteiger partial charge in [-0.15, -0.1) is 11.8 Å². The molecule has 3 aromatic rings. The number of H-pyrrole nitrogens is 1. The number of carbonyl (C=O) groups excluding carboxylic acids is 1. The van der Waals surface area contributed by atoms with Gasteiger partial charge in [0, 0.05) is 27.1 Å². The zero-order valence-electron chi connectivity index (χ0n) is 18.5. The highest BCUT2D eigenvalue weighted by Gasteiger charge is 2.41. The number of rotatable bonds is 4. The molecule has 1 aliphatic heterocycles. The number of aromatic amines is 1. The summed E-state index contributed by atoms with van der Waals surface area (Å²) in [6.45, 7) is 5.34. The van der Waals surface area contributed by atoms with Gasteiger partial charge in [-0.2, -0.15) is 10.4 Å². The molecule has 0 spiro atoms. The lowest BCUT2D eigenvalue weighted by Crippen LogP contribution is -2.27. The molecular weight excluding hydrogens is 495 g/mol. The zero-order chi connectivity index (χ0) is 24.5. The van der Waals surface area contributed by atoms with E-state index in [9.17, 15) is 10.1 Å². The van der Waals surface area contributed by atoms with Crippen molar-refractivity contribution in [1.29, 1.82) is 5.26 Å². The van der Waals surface area contributed by atoms with Crippen LogP contribution < -0.4 is 5.32 Å². The Morgan fingerprint density at radius 3 is 2.68 bits per heavy atom. The molecule has 34 heavy (non-hydrogen) atoms. The molecule has 0 saturated carbocycles. The number of nitriles is 1. The molecule has 2 N–H and O–H groups in total. The van der Waals surface area contributed by atoms with Crippen LogP contribution in [0, 0.1) is 11.3 Å². The first-order valence-corrected chi connectivity index (χ1v) is 11.9. The van der Waals surface area contributed by atoms with Crippen molar-refractivity contribution >= 4 is 51.8 Å². The Labute approximate surface area is 210 Å². The van der Waals surface area contributed by atoms with Gasteiger partial charge in [-0.1, -0.05) is 29.3 Å².